The van der Waals surface area contributed by atoms with E-state index in [2.05, 4.69) is 5.32 Å². The fraction of sp³-hybridized carbons (Fsp3) is 0.867. The predicted molar refractivity (Wildman–Crippen MR) is 87.2 cm³/mol. The van der Waals surface area contributed by atoms with Crippen LogP contribution in [-0.2, 0) is 14.3 Å². The zero-order chi connectivity index (χ0) is 15.1. The van der Waals surface area contributed by atoms with Crippen LogP contribution in [0.15, 0.2) is 0 Å². The molecule has 22 heavy (non-hydrogen) atoms. The van der Waals surface area contributed by atoms with Crippen LogP contribution in [0.2, 0.25) is 0 Å². The molecule has 2 fully saturated rings. The highest BCUT2D eigenvalue weighted by molar-refractivity contribution is 5.85. The molecule has 0 aromatic carbocycles. The molecule has 0 radical (unpaired) electrons. The summed E-state index contributed by atoms with van der Waals surface area (Å²) in [4.78, 5) is 28.1. The summed E-state index contributed by atoms with van der Waals surface area (Å²) in [7, 11) is 1.68. The maximum Gasteiger partial charge on any atom is 0.236 e. The quantitative estimate of drug-likeness (QED) is 0.725. The lowest BCUT2D eigenvalue weighted by Crippen LogP contribution is -2.57. The summed E-state index contributed by atoms with van der Waals surface area (Å²) in [6.07, 6.45) is 4.40. The van der Waals surface area contributed by atoms with Crippen LogP contribution in [0.25, 0.3) is 0 Å². The molecule has 1 unspecified atom stereocenters. The lowest BCUT2D eigenvalue weighted by molar-refractivity contribution is -0.140. The van der Waals surface area contributed by atoms with E-state index in [0.717, 1.165) is 45.3 Å². The van der Waals surface area contributed by atoms with Crippen LogP contribution in [0.3, 0.4) is 0 Å². The Balaban J connectivity index is 0.00000242. The highest BCUT2D eigenvalue weighted by Gasteiger charge is 2.31. The van der Waals surface area contributed by atoms with Crippen molar-refractivity contribution in [1.29, 1.82) is 0 Å². The third-order valence-electron chi connectivity index (χ3n) is 4.31. The van der Waals surface area contributed by atoms with E-state index < -0.39 is 0 Å². The van der Waals surface area contributed by atoms with E-state index in [0.29, 0.717) is 26.1 Å². The molecule has 0 saturated carbocycles. The minimum Gasteiger partial charge on any atom is -0.385 e. The number of amides is 2. The molecule has 0 aromatic rings. The Hall–Kier alpha value is -0.850. The van der Waals surface area contributed by atoms with Gasteiger partial charge < -0.3 is 19.9 Å². The smallest absolute Gasteiger partial charge is 0.236 e. The number of nitrogens with zero attached hydrogens (tertiary/aromatic N) is 2. The number of carbonyl (C=O) groups is 2. The SMILES string of the molecule is COCCCCC(=O)N1CCCC(N2CCNCC2=O)C1.Cl. The first-order chi connectivity index (χ1) is 10.2. The van der Waals surface area contributed by atoms with Gasteiger partial charge in [0.05, 0.1) is 6.54 Å². The molecule has 0 aliphatic carbocycles. The van der Waals surface area contributed by atoms with Gasteiger partial charge in [-0.15, -0.1) is 12.4 Å². The highest BCUT2D eigenvalue weighted by atomic mass is 35.5. The number of piperazine rings is 1. The molecule has 2 aliphatic rings. The topological polar surface area (TPSA) is 61.9 Å². The molecular formula is C15H28ClN3O3. The third kappa shape index (κ3) is 5.41. The second-order valence-corrected chi connectivity index (χ2v) is 5.85. The van der Waals surface area contributed by atoms with Gasteiger partial charge in [-0.05, 0) is 25.7 Å². The lowest BCUT2D eigenvalue weighted by atomic mass is 10.0. The van der Waals surface area contributed by atoms with Crippen molar-refractivity contribution in [2.45, 2.75) is 38.1 Å². The zero-order valence-corrected chi connectivity index (χ0v) is 14.2. The van der Waals surface area contributed by atoms with Gasteiger partial charge in [0.25, 0.3) is 0 Å². The number of likely N-dealkylation sites (tertiary alicyclic amines) is 1. The van der Waals surface area contributed by atoms with Crippen molar-refractivity contribution in [2.24, 2.45) is 0 Å². The van der Waals surface area contributed by atoms with E-state index in [1.807, 2.05) is 9.80 Å². The Morgan fingerprint density at radius 3 is 2.91 bits per heavy atom. The van der Waals surface area contributed by atoms with Gasteiger partial charge in [-0.1, -0.05) is 0 Å². The number of ether oxygens (including phenoxy) is 1. The molecule has 128 valence electrons. The van der Waals surface area contributed by atoms with E-state index in [-0.39, 0.29) is 30.3 Å². The van der Waals surface area contributed by atoms with E-state index in [9.17, 15) is 9.59 Å². The average Bonchev–Trinajstić information content (AvgIpc) is 2.52. The van der Waals surface area contributed by atoms with Crippen LogP contribution in [0.4, 0.5) is 0 Å². The van der Waals surface area contributed by atoms with Crippen LogP contribution in [0, 0.1) is 0 Å². The molecule has 2 saturated heterocycles. The number of nitrogens with one attached hydrogen (secondary N) is 1. The summed E-state index contributed by atoms with van der Waals surface area (Å²) in [5.41, 5.74) is 0. The van der Waals surface area contributed by atoms with E-state index in [1.54, 1.807) is 7.11 Å². The lowest BCUT2D eigenvalue weighted by Gasteiger charge is -2.41. The highest BCUT2D eigenvalue weighted by Crippen LogP contribution is 2.18. The number of piperidine rings is 1. The van der Waals surface area contributed by atoms with Crippen LogP contribution >= 0.6 is 12.4 Å². The number of halogens is 1. The maximum atomic E-state index is 12.2. The molecule has 1 atom stereocenters. The fourth-order valence-corrected chi connectivity index (χ4v) is 3.12. The molecule has 0 aromatic heterocycles. The number of rotatable bonds is 6. The van der Waals surface area contributed by atoms with Gasteiger partial charge in [0.2, 0.25) is 11.8 Å². The van der Waals surface area contributed by atoms with E-state index >= 15 is 0 Å². The molecule has 0 spiro atoms. The van der Waals surface area contributed by atoms with Crippen molar-refractivity contribution in [1.82, 2.24) is 15.1 Å². The van der Waals surface area contributed by atoms with Gasteiger partial charge in [-0.3, -0.25) is 9.59 Å². The molecule has 2 heterocycles. The van der Waals surface area contributed by atoms with Crippen LogP contribution < -0.4 is 5.32 Å². The van der Waals surface area contributed by atoms with Crippen molar-refractivity contribution in [2.75, 3.05) is 46.4 Å². The van der Waals surface area contributed by atoms with Crippen molar-refractivity contribution in [3.8, 4) is 0 Å². The van der Waals surface area contributed by atoms with Crippen LogP contribution in [0.1, 0.15) is 32.1 Å². The number of hydrogen-bond acceptors (Lipinski definition) is 4. The van der Waals surface area contributed by atoms with E-state index in [1.165, 1.54) is 0 Å². The maximum absolute atomic E-state index is 12.2. The molecule has 2 aliphatic heterocycles. The summed E-state index contributed by atoms with van der Waals surface area (Å²) >= 11 is 0. The van der Waals surface area contributed by atoms with Gasteiger partial charge in [-0.25, -0.2) is 0 Å². The van der Waals surface area contributed by atoms with E-state index in [4.69, 9.17) is 4.74 Å². The van der Waals surface area contributed by atoms with Crippen molar-refractivity contribution < 1.29 is 14.3 Å². The Kier molecular flexibility index (Phi) is 8.75. The number of methoxy groups -OCH3 is 1. The Morgan fingerprint density at radius 1 is 1.36 bits per heavy atom. The molecule has 7 heteroatoms. The van der Waals surface area contributed by atoms with Gasteiger partial charge in [0, 0.05) is 52.4 Å². The Labute approximate surface area is 138 Å². The van der Waals surface area contributed by atoms with Gasteiger partial charge in [-0.2, -0.15) is 0 Å². The molecule has 0 bridgehead atoms. The van der Waals surface area contributed by atoms with Crippen molar-refractivity contribution in [3.05, 3.63) is 0 Å². The largest absolute Gasteiger partial charge is 0.385 e. The average molecular weight is 334 g/mol. The second-order valence-electron chi connectivity index (χ2n) is 5.85. The summed E-state index contributed by atoms with van der Waals surface area (Å²) in [5, 5.41) is 3.09. The predicted octanol–water partition coefficient (Wildman–Crippen LogP) is 0.648. The Morgan fingerprint density at radius 2 is 2.18 bits per heavy atom. The monoisotopic (exact) mass is 333 g/mol. The summed E-state index contributed by atoms with van der Waals surface area (Å²) in [6.45, 7) is 4.30. The molecule has 2 rings (SSSR count). The second kappa shape index (κ2) is 10.0. The van der Waals surface area contributed by atoms with Gasteiger partial charge in [0.1, 0.15) is 0 Å². The minimum absolute atomic E-state index is 0. The Bertz CT molecular complexity index is 368. The zero-order valence-electron chi connectivity index (χ0n) is 13.4. The molecule has 2 amide bonds. The first-order valence-electron chi connectivity index (χ1n) is 7.99. The fourth-order valence-electron chi connectivity index (χ4n) is 3.12. The molecule has 6 nitrogen and oxygen atoms in total. The number of carbonyl (C=O) groups excluding carboxylic acids is 2. The number of unbranched alkanes of at least 4 members (excludes halogenated alkanes) is 1. The van der Waals surface area contributed by atoms with Crippen molar-refractivity contribution >= 4 is 24.2 Å². The van der Waals surface area contributed by atoms with Crippen molar-refractivity contribution in [3.63, 3.8) is 0 Å². The van der Waals surface area contributed by atoms with Crippen LogP contribution in [-0.4, -0.2) is 74.1 Å². The third-order valence-corrected chi connectivity index (χ3v) is 4.31. The summed E-state index contributed by atoms with van der Waals surface area (Å²) in [5.74, 6) is 0.388. The molecule has 1 N–H and O–H groups in total. The van der Waals surface area contributed by atoms with Gasteiger partial charge in [0.15, 0.2) is 0 Å². The standard InChI is InChI=1S/C15H27N3O3.ClH/c1-21-10-3-2-6-14(19)17-8-4-5-13(12-17)18-9-7-16-11-15(18)20;/h13,16H,2-12H2,1H3;1H. The minimum atomic E-state index is 0. The van der Waals surface area contributed by atoms with Crippen LogP contribution in [0.5, 0.6) is 0 Å². The molecular weight excluding hydrogens is 306 g/mol. The first-order valence-corrected chi connectivity index (χ1v) is 7.99. The first kappa shape index (κ1) is 19.2. The summed E-state index contributed by atoms with van der Waals surface area (Å²) < 4.78 is 5.00. The number of hydrogen-bond donors (Lipinski definition) is 1. The normalized spacial score (nSPS) is 22.4. The van der Waals surface area contributed by atoms with Gasteiger partial charge >= 0.3 is 0 Å². The summed E-state index contributed by atoms with van der Waals surface area (Å²) in [6, 6.07) is 0.205.